The van der Waals surface area contributed by atoms with Gasteiger partial charge in [-0.05, 0) is 30.0 Å². The van der Waals surface area contributed by atoms with Crippen LogP contribution in [0.3, 0.4) is 0 Å². The van der Waals surface area contributed by atoms with Crippen LogP contribution in [0.2, 0.25) is 5.15 Å². The summed E-state index contributed by atoms with van der Waals surface area (Å²) in [6.07, 6.45) is 3.31. The molecule has 0 radical (unpaired) electrons. The SMILES string of the molecule is Cc1ccc(C(C)C)c(OCC(=O)N/N=C/c2c(Cl)nc3sccn23)c1. The van der Waals surface area contributed by atoms with Gasteiger partial charge in [-0.25, -0.2) is 10.4 Å². The van der Waals surface area contributed by atoms with E-state index < -0.39 is 0 Å². The standard InChI is InChI=1S/C18H19ClN4O2S/c1-11(2)13-5-4-12(3)8-15(13)25-10-16(24)22-20-9-14-17(19)21-18-23(14)6-7-26-18/h4-9,11H,10H2,1-3H3,(H,22,24)/b20-9+. The molecule has 2 heterocycles. The van der Waals surface area contributed by atoms with Gasteiger partial charge < -0.3 is 4.74 Å². The number of fused-ring (bicyclic) bond motifs is 1. The van der Waals surface area contributed by atoms with Crippen LogP contribution < -0.4 is 10.2 Å². The Labute approximate surface area is 160 Å². The number of halogens is 1. The van der Waals surface area contributed by atoms with E-state index in [0.717, 1.165) is 21.8 Å². The summed E-state index contributed by atoms with van der Waals surface area (Å²) in [5, 5.41) is 6.19. The van der Waals surface area contributed by atoms with Gasteiger partial charge in [0.1, 0.15) is 11.4 Å². The van der Waals surface area contributed by atoms with Crippen LogP contribution in [0, 0.1) is 6.92 Å². The Kier molecular flexibility index (Phi) is 5.58. The van der Waals surface area contributed by atoms with Crippen LogP contribution in [0.15, 0.2) is 34.9 Å². The maximum Gasteiger partial charge on any atom is 0.277 e. The quantitative estimate of drug-likeness (QED) is 0.510. The highest BCUT2D eigenvalue weighted by molar-refractivity contribution is 7.15. The molecule has 1 amide bonds. The average molecular weight is 391 g/mol. The van der Waals surface area contributed by atoms with Crippen molar-refractivity contribution < 1.29 is 9.53 Å². The summed E-state index contributed by atoms with van der Waals surface area (Å²) in [4.78, 5) is 17.0. The minimum absolute atomic E-state index is 0.117. The van der Waals surface area contributed by atoms with Crippen LogP contribution in [0.5, 0.6) is 5.75 Å². The lowest BCUT2D eigenvalue weighted by atomic mass is 10.0. The second kappa shape index (κ2) is 7.88. The van der Waals surface area contributed by atoms with Crippen molar-refractivity contribution in [1.82, 2.24) is 14.8 Å². The van der Waals surface area contributed by atoms with E-state index in [1.54, 1.807) is 4.40 Å². The maximum absolute atomic E-state index is 12.0. The second-order valence-corrected chi connectivity index (χ2v) is 7.35. The van der Waals surface area contributed by atoms with Gasteiger partial charge in [-0.15, -0.1) is 11.3 Å². The Morgan fingerprint density at radius 1 is 1.50 bits per heavy atom. The molecule has 0 aliphatic heterocycles. The van der Waals surface area contributed by atoms with Gasteiger partial charge in [0.05, 0.1) is 6.21 Å². The van der Waals surface area contributed by atoms with Crippen LogP contribution >= 0.6 is 22.9 Å². The molecule has 0 saturated carbocycles. The number of aromatic nitrogens is 2. The minimum atomic E-state index is -0.348. The number of hydrogen-bond acceptors (Lipinski definition) is 5. The van der Waals surface area contributed by atoms with Crippen molar-refractivity contribution >= 4 is 40.0 Å². The molecule has 3 rings (SSSR count). The molecule has 0 bridgehead atoms. The summed E-state index contributed by atoms with van der Waals surface area (Å²) in [7, 11) is 0. The van der Waals surface area contributed by atoms with Crippen molar-refractivity contribution in [3.63, 3.8) is 0 Å². The van der Waals surface area contributed by atoms with Crippen LogP contribution in [-0.4, -0.2) is 28.1 Å². The first-order chi connectivity index (χ1) is 12.5. The molecule has 0 aliphatic carbocycles. The van der Waals surface area contributed by atoms with Crippen molar-refractivity contribution in [2.75, 3.05) is 6.61 Å². The van der Waals surface area contributed by atoms with Gasteiger partial charge in [0.15, 0.2) is 16.7 Å². The molecule has 0 aliphatic rings. The van der Waals surface area contributed by atoms with E-state index in [1.165, 1.54) is 17.6 Å². The predicted octanol–water partition coefficient (Wildman–Crippen LogP) is 4.01. The molecule has 0 fully saturated rings. The summed E-state index contributed by atoms with van der Waals surface area (Å²) in [5.74, 6) is 0.682. The van der Waals surface area contributed by atoms with Crippen LogP contribution in [-0.2, 0) is 4.79 Å². The molecular formula is C18H19ClN4O2S. The molecule has 2 aromatic heterocycles. The monoisotopic (exact) mass is 390 g/mol. The summed E-state index contributed by atoms with van der Waals surface area (Å²) >= 11 is 7.54. The molecule has 6 nitrogen and oxygen atoms in total. The van der Waals surface area contributed by atoms with Gasteiger partial charge in [0.25, 0.3) is 5.91 Å². The van der Waals surface area contributed by atoms with Crippen molar-refractivity contribution in [1.29, 1.82) is 0 Å². The lowest BCUT2D eigenvalue weighted by Gasteiger charge is -2.14. The van der Waals surface area contributed by atoms with Crippen LogP contribution in [0.25, 0.3) is 4.96 Å². The highest BCUT2D eigenvalue weighted by atomic mass is 35.5. The summed E-state index contributed by atoms with van der Waals surface area (Å²) in [5.41, 5.74) is 5.21. The number of nitrogens with one attached hydrogen (secondary N) is 1. The fourth-order valence-corrected chi connectivity index (χ4v) is 3.47. The summed E-state index contributed by atoms with van der Waals surface area (Å²) < 4.78 is 7.49. The number of ether oxygens (including phenoxy) is 1. The number of imidazole rings is 1. The zero-order chi connectivity index (χ0) is 18.7. The summed E-state index contributed by atoms with van der Waals surface area (Å²) in [6, 6.07) is 6.00. The number of carbonyl (C=O) groups excluding carboxylic acids is 1. The molecule has 136 valence electrons. The molecule has 0 saturated heterocycles. The largest absolute Gasteiger partial charge is 0.483 e. The smallest absolute Gasteiger partial charge is 0.277 e. The molecular weight excluding hydrogens is 372 g/mol. The molecule has 26 heavy (non-hydrogen) atoms. The molecule has 0 spiro atoms. The van der Waals surface area contributed by atoms with Gasteiger partial charge in [-0.3, -0.25) is 9.20 Å². The van der Waals surface area contributed by atoms with Gasteiger partial charge in [-0.1, -0.05) is 37.6 Å². The van der Waals surface area contributed by atoms with Gasteiger partial charge >= 0.3 is 0 Å². The van der Waals surface area contributed by atoms with Gasteiger partial charge in [-0.2, -0.15) is 5.10 Å². The predicted molar refractivity (Wildman–Crippen MR) is 105 cm³/mol. The zero-order valence-corrected chi connectivity index (χ0v) is 16.3. The van der Waals surface area contributed by atoms with E-state index >= 15 is 0 Å². The Bertz CT molecular complexity index is 961. The number of aryl methyl sites for hydroxylation is 1. The van der Waals surface area contributed by atoms with E-state index in [9.17, 15) is 4.79 Å². The van der Waals surface area contributed by atoms with Crippen molar-refractivity contribution in [3.05, 3.63) is 51.7 Å². The topological polar surface area (TPSA) is 68.0 Å². The normalized spacial score (nSPS) is 11.6. The fourth-order valence-electron chi connectivity index (χ4n) is 2.48. The number of benzene rings is 1. The third-order valence-electron chi connectivity index (χ3n) is 3.78. The van der Waals surface area contributed by atoms with E-state index in [1.807, 2.05) is 36.7 Å². The van der Waals surface area contributed by atoms with Crippen LogP contribution in [0.4, 0.5) is 0 Å². The highest BCUT2D eigenvalue weighted by Gasteiger charge is 2.11. The highest BCUT2D eigenvalue weighted by Crippen LogP contribution is 2.27. The number of nitrogens with zero attached hydrogens (tertiary/aromatic N) is 3. The van der Waals surface area contributed by atoms with Crippen LogP contribution in [0.1, 0.15) is 36.6 Å². The summed E-state index contributed by atoms with van der Waals surface area (Å²) in [6.45, 7) is 6.04. The first kappa shape index (κ1) is 18.4. The maximum atomic E-state index is 12.0. The first-order valence-electron chi connectivity index (χ1n) is 8.12. The second-order valence-electron chi connectivity index (χ2n) is 6.12. The third kappa shape index (κ3) is 4.05. The lowest BCUT2D eigenvalue weighted by Crippen LogP contribution is -2.25. The van der Waals surface area contributed by atoms with Gasteiger partial charge in [0, 0.05) is 11.6 Å². The van der Waals surface area contributed by atoms with Gasteiger partial charge in [0.2, 0.25) is 0 Å². The van der Waals surface area contributed by atoms with E-state index in [2.05, 4.69) is 29.4 Å². The Morgan fingerprint density at radius 3 is 3.08 bits per heavy atom. The number of hydrogen-bond donors (Lipinski definition) is 1. The number of thiazole rings is 1. The molecule has 0 atom stereocenters. The number of carbonyl (C=O) groups is 1. The van der Waals surface area contributed by atoms with E-state index in [-0.39, 0.29) is 12.5 Å². The van der Waals surface area contributed by atoms with Crippen molar-refractivity contribution in [3.8, 4) is 5.75 Å². The van der Waals surface area contributed by atoms with E-state index in [4.69, 9.17) is 16.3 Å². The van der Waals surface area contributed by atoms with Crippen molar-refractivity contribution in [2.45, 2.75) is 26.7 Å². The molecule has 1 N–H and O–H groups in total. The molecule has 8 heteroatoms. The Morgan fingerprint density at radius 2 is 2.31 bits per heavy atom. The third-order valence-corrected chi connectivity index (χ3v) is 4.81. The zero-order valence-electron chi connectivity index (χ0n) is 14.7. The molecule has 3 aromatic rings. The number of amides is 1. The molecule has 1 aromatic carbocycles. The fraction of sp³-hybridized carbons (Fsp3) is 0.278. The van der Waals surface area contributed by atoms with Crippen molar-refractivity contribution in [2.24, 2.45) is 5.10 Å². The Balaban J connectivity index is 1.61. The molecule has 0 unspecified atom stereocenters. The van der Waals surface area contributed by atoms with E-state index in [0.29, 0.717) is 16.8 Å². The first-order valence-corrected chi connectivity index (χ1v) is 9.37. The minimum Gasteiger partial charge on any atom is -0.483 e. The number of hydrazone groups is 1. The average Bonchev–Trinajstić information content (AvgIpc) is 3.14. The lowest BCUT2D eigenvalue weighted by molar-refractivity contribution is -0.123. The Hall–Kier alpha value is -2.38. The number of rotatable bonds is 6.